The molecule has 146 valence electrons. The molecule has 2 rings (SSSR count). The largest absolute Gasteiger partial charge is 0.497 e. The predicted molar refractivity (Wildman–Crippen MR) is 114 cm³/mol. The van der Waals surface area contributed by atoms with E-state index in [4.69, 9.17) is 9.47 Å². The van der Waals surface area contributed by atoms with Crippen LogP contribution in [0, 0.1) is 5.92 Å². The summed E-state index contributed by atoms with van der Waals surface area (Å²) in [6, 6.07) is 5.68. The number of benzene rings is 1. The van der Waals surface area contributed by atoms with E-state index in [1.807, 2.05) is 25.1 Å². The maximum atomic E-state index is 11.6. The van der Waals surface area contributed by atoms with Gasteiger partial charge >= 0.3 is 0 Å². The molecule has 1 amide bonds. The highest BCUT2D eigenvalue weighted by Crippen LogP contribution is 2.28. The van der Waals surface area contributed by atoms with E-state index < -0.39 is 0 Å². The van der Waals surface area contributed by atoms with Crippen molar-refractivity contribution in [3.05, 3.63) is 23.8 Å². The second kappa shape index (κ2) is 11.8. The average Bonchev–Trinajstić information content (AvgIpc) is 3.48. The van der Waals surface area contributed by atoms with E-state index in [0.717, 1.165) is 36.4 Å². The third kappa shape index (κ3) is 7.27. The van der Waals surface area contributed by atoms with E-state index in [9.17, 15) is 4.79 Å². The van der Waals surface area contributed by atoms with Crippen LogP contribution in [0.1, 0.15) is 25.3 Å². The first-order valence-electron chi connectivity index (χ1n) is 8.68. The van der Waals surface area contributed by atoms with Crippen LogP contribution >= 0.6 is 24.0 Å². The summed E-state index contributed by atoms with van der Waals surface area (Å²) in [5.41, 5.74) is 0.975. The lowest BCUT2D eigenvalue weighted by atomic mass is 10.2. The molecule has 8 heteroatoms. The minimum atomic E-state index is 0. The molecular weight excluding hydrogens is 447 g/mol. The molecule has 1 fully saturated rings. The predicted octanol–water partition coefficient (Wildman–Crippen LogP) is 1.90. The number of carbonyl (C=O) groups excluding carboxylic acids is 1. The van der Waals surface area contributed by atoms with E-state index in [1.165, 1.54) is 0 Å². The molecule has 1 aliphatic carbocycles. The molecule has 0 heterocycles. The molecule has 0 radical (unpaired) electrons. The topological polar surface area (TPSA) is 84.0 Å². The number of amides is 1. The highest BCUT2D eigenvalue weighted by molar-refractivity contribution is 14.0. The highest BCUT2D eigenvalue weighted by Gasteiger charge is 2.28. The van der Waals surface area contributed by atoms with Crippen LogP contribution < -0.4 is 25.4 Å². The summed E-state index contributed by atoms with van der Waals surface area (Å²) < 4.78 is 10.6. The van der Waals surface area contributed by atoms with Gasteiger partial charge in [0.2, 0.25) is 5.91 Å². The summed E-state index contributed by atoms with van der Waals surface area (Å²) in [7, 11) is 3.26. The number of guanidine groups is 1. The van der Waals surface area contributed by atoms with Gasteiger partial charge in [-0.15, -0.1) is 24.0 Å². The second-order valence-electron chi connectivity index (χ2n) is 5.87. The van der Waals surface area contributed by atoms with E-state index >= 15 is 0 Å². The van der Waals surface area contributed by atoms with E-state index in [-0.39, 0.29) is 35.8 Å². The molecule has 26 heavy (non-hydrogen) atoms. The molecule has 1 aromatic carbocycles. The Labute approximate surface area is 172 Å². The molecule has 0 spiro atoms. The first kappa shape index (κ1) is 22.3. The Balaban J connectivity index is 0.00000338. The Kier molecular flexibility index (Phi) is 10.2. The third-order valence-corrected chi connectivity index (χ3v) is 3.91. The zero-order valence-electron chi connectivity index (χ0n) is 15.6. The Morgan fingerprint density at radius 1 is 1.15 bits per heavy atom. The number of nitrogens with one attached hydrogen (secondary N) is 3. The van der Waals surface area contributed by atoms with Crippen molar-refractivity contribution >= 4 is 35.8 Å². The molecule has 1 saturated carbocycles. The van der Waals surface area contributed by atoms with Gasteiger partial charge in [0.15, 0.2) is 5.96 Å². The molecule has 7 nitrogen and oxygen atoms in total. The molecule has 1 aliphatic rings. The Hall–Kier alpha value is -1.71. The van der Waals surface area contributed by atoms with Crippen molar-refractivity contribution in [3.8, 4) is 11.5 Å². The number of methoxy groups -OCH3 is 2. The van der Waals surface area contributed by atoms with Crippen molar-refractivity contribution in [2.45, 2.75) is 26.3 Å². The molecular formula is C18H29IN4O3. The minimum absolute atomic E-state index is 0. The zero-order chi connectivity index (χ0) is 18.1. The summed E-state index contributed by atoms with van der Waals surface area (Å²) in [5.74, 6) is 2.61. The van der Waals surface area contributed by atoms with Crippen LogP contribution in [0.3, 0.4) is 0 Å². The monoisotopic (exact) mass is 476 g/mol. The summed E-state index contributed by atoms with van der Waals surface area (Å²) >= 11 is 0. The summed E-state index contributed by atoms with van der Waals surface area (Å²) in [6.45, 7) is 4.48. The standard InChI is InChI=1S/C18H28N4O3.HI/c1-4-19-18(21-10-9-20-17(23)13-5-6-13)22-12-14-7-8-15(24-2)11-16(14)25-3;/h7-8,11,13H,4-6,9-10,12H2,1-3H3,(H,20,23)(H2,19,21,22);1H. The van der Waals surface area contributed by atoms with Gasteiger partial charge in [0.1, 0.15) is 11.5 Å². The molecule has 3 N–H and O–H groups in total. The second-order valence-corrected chi connectivity index (χ2v) is 5.87. The van der Waals surface area contributed by atoms with Gasteiger partial charge in [-0.25, -0.2) is 4.99 Å². The molecule has 0 aliphatic heterocycles. The molecule has 0 bridgehead atoms. The SMILES string of the molecule is CCNC(=NCc1ccc(OC)cc1OC)NCCNC(=O)C1CC1.I. The molecule has 1 aromatic rings. The molecule has 0 saturated heterocycles. The summed E-state index contributed by atoms with van der Waals surface area (Å²) in [4.78, 5) is 16.2. The number of aliphatic imine (C=N–C) groups is 1. The summed E-state index contributed by atoms with van der Waals surface area (Å²) in [6.07, 6.45) is 2.04. The van der Waals surface area contributed by atoms with Crippen LogP contribution in [0.2, 0.25) is 0 Å². The first-order valence-corrected chi connectivity index (χ1v) is 8.68. The fourth-order valence-electron chi connectivity index (χ4n) is 2.34. The minimum Gasteiger partial charge on any atom is -0.497 e. The fraction of sp³-hybridized carbons (Fsp3) is 0.556. The zero-order valence-corrected chi connectivity index (χ0v) is 18.0. The van der Waals surface area contributed by atoms with Crippen LogP contribution in [-0.4, -0.2) is 45.7 Å². The lowest BCUT2D eigenvalue weighted by Gasteiger charge is -2.13. The van der Waals surface area contributed by atoms with Crippen molar-refractivity contribution in [3.63, 3.8) is 0 Å². The van der Waals surface area contributed by atoms with Crippen molar-refractivity contribution < 1.29 is 14.3 Å². The van der Waals surface area contributed by atoms with Gasteiger partial charge < -0.3 is 25.4 Å². The van der Waals surface area contributed by atoms with Crippen LogP contribution in [0.15, 0.2) is 23.2 Å². The number of carbonyl (C=O) groups is 1. The van der Waals surface area contributed by atoms with Crippen molar-refractivity contribution in [2.24, 2.45) is 10.9 Å². The van der Waals surface area contributed by atoms with Gasteiger partial charge in [-0.2, -0.15) is 0 Å². The summed E-state index contributed by atoms with van der Waals surface area (Å²) in [5, 5.41) is 9.35. The molecule has 0 atom stereocenters. The van der Waals surface area contributed by atoms with Gasteiger partial charge in [-0.05, 0) is 31.9 Å². The fourth-order valence-corrected chi connectivity index (χ4v) is 2.34. The Morgan fingerprint density at radius 2 is 1.88 bits per heavy atom. The van der Waals surface area contributed by atoms with Gasteiger partial charge in [0, 0.05) is 37.2 Å². The van der Waals surface area contributed by atoms with E-state index in [2.05, 4.69) is 20.9 Å². The quantitative estimate of drug-likeness (QED) is 0.220. The number of ether oxygens (including phenoxy) is 2. The maximum absolute atomic E-state index is 11.6. The van der Waals surface area contributed by atoms with Crippen LogP contribution in [0.5, 0.6) is 11.5 Å². The van der Waals surface area contributed by atoms with Gasteiger partial charge in [-0.3, -0.25) is 4.79 Å². The smallest absolute Gasteiger partial charge is 0.223 e. The number of hydrogen-bond acceptors (Lipinski definition) is 4. The van der Waals surface area contributed by atoms with Crippen molar-refractivity contribution in [1.29, 1.82) is 0 Å². The number of hydrogen-bond donors (Lipinski definition) is 3. The van der Waals surface area contributed by atoms with Crippen LogP contribution in [-0.2, 0) is 11.3 Å². The number of halogens is 1. The third-order valence-electron chi connectivity index (χ3n) is 3.91. The molecule has 0 unspecified atom stereocenters. The van der Waals surface area contributed by atoms with Crippen LogP contribution in [0.25, 0.3) is 0 Å². The van der Waals surface area contributed by atoms with Crippen molar-refractivity contribution in [2.75, 3.05) is 33.9 Å². The highest BCUT2D eigenvalue weighted by atomic mass is 127. The average molecular weight is 476 g/mol. The Bertz CT molecular complexity index is 606. The van der Waals surface area contributed by atoms with E-state index in [0.29, 0.717) is 25.6 Å². The van der Waals surface area contributed by atoms with Crippen LogP contribution in [0.4, 0.5) is 0 Å². The van der Waals surface area contributed by atoms with Crippen molar-refractivity contribution in [1.82, 2.24) is 16.0 Å². The normalized spacial score (nSPS) is 13.4. The lowest BCUT2D eigenvalue weighted by Crippen LogP contribution is -2.41. The Morgan fingerprint density at radius 3 is 2.50 bits per heavy atom. The first-order chi connectivity index (χ1) is 12.2. The number of rotatable bonds is 9. The molecule has 0 aromatic heterocycles. The van der Waals surface area contributed by atoms with Gasteiger partial charge in [0.05, 0.1) is 20.8 Å². The lowest BCUT2D eigenvalue weighted by molar-refractivity contribution is -0.122. The van der Waals surface area contributed by atoms with Gasteiger partial charge in [-0.1, -0.05) is 0 Å². The number of nitrogens with zero attached hydrogens (tertiary/aromatic N) is 1. The van der Waals surface area contributed by atoms with E-state index in [1.54, 1.807) is 14.2 Å². The van der Waals surface area contributed by atoms with Gasteiger partial charge in [0.25, 0.3) is 0 Å². The maximum Gasteiger partial charge on any atom is 0.223 e.